The summed E-state index contributed by atoms with van der Waals surface area (Å²) in [4.78, 5) is 38.3. The monoisotopic (exact) mass is 484 g/mol. The van der Waals surface area contributed by atoms with Crippen molar-refractivity contribution in [1.82, 2.24) is 29.8 Å². The molecule has 0 saturated heterocycles. The molecular weight excluding hydrogens is 460 g/mol. The van der Waals surface area contributed by atoms with Gasteiger partial charge in [0.2, 0.25) is 11.7 Å². The van der Waals surface area contributed by atoms with Crippen LogP contribution in [0.5, 0.6) is 0 Å². The first-order chi connectivity index (χ1) is 16.1. The molecule has 0 fully saturated rings. The van der Waals surface area contributed by atoms with Crippen LogP contribution < -0.4 is 16.2 Å². The zero-order valence-corrected chi connectivity index (χ0v) is 19.7. The molecule has 0 bridgehead atoms. The molecule has 0 aliphatic carbocycles. The van der Waals surface area contributed by atoms with Gasteiger partial charge >= 0.3 is 6.03 Å². The predicted octanol–water partition coefficient (Wildman–Crippen LogP) is 3.41. The number of para-hydroxylation sites is 1. The molecule has 0 aliphatic rings. The summed E-state index contributed by atoms with van der Waals surface area (Å²) in [5.41, 5.74) is 0.587. The summed E-state index contributed by atoms with van der Waals surface area (Å²) < 4.78 is 3.45. The molecule has 172 valence electrons. The Kier molecular flexibility index (Phi) is 7.40. The van der Waals surface area contributed by atoms with Gasteiger partial charge in [0.05, 0.1) is 23.2 Å². The highest BCUT2D eigenvalue weighted by Gasteiger charge is 2.18. The van der Waals surface area contributed by atoms with E-state index in [1.165, 1.54) is 11.3 Å². The molecular formula is C22H24N6O3S2. The number of rotatable bonds is 9. The molecule has 3 heterocycles. The number of imide groups is 1. The Morgan fingerprint density at radius 3 is 2.76 bits per heavy atom. The highest BCUT2D eigenvalue weighted by atomic mass is 32.2. The van der Waals surface area contributed by atoms with E-state index in [1.54, 1.807) is 15.0 Å². The third-order valence-corrected chi connectivity index (χ3v) is 6.86. The van der Waals surface area contributed by atoms with E-state index in [0.717, 1.165) is 35.9 Å². The van der Waals surface area contributed by atoms with Crippen molar-refractivity contribution in [3.63, 3.8) is 0 Å². The molecule has 4 aromatic rings. The van der Waals surface area contributed by atoms with Gasteiger partial charge in [0.1, 0.15) is 0 Å². The smallest absolute Gasteiger partial charge is 0.321 e. The van der Waals surface area contributed by atoms with E-state index < -0.39 is 11.9 Å². The van der Waals surface area contributed by atoms with Crippen LogP contribution in [0.3, 0.4) is 0 Å². The molecule has 3 amide bonds. The Labute approximate surface area is 198 Å². The average molecular weight is 485 g/mol. The second-order valence-corrected chi connectivity index (χ2v) is 9.37. The number of amides is 3. The molecule has 2 N–H and O–H groups in total. The number of carbonyl (C=O) groups is 2. The van der Waals surface area contributed by atoms with Gasteiger partial charge in [-0.25, -0.2) is 4.79 Å². The number of carbonyl (C=O) groups excluding carboxylic acids is 2. The van der Waals surface area contributed by atoms with Crippen molar-refractivity contribution in [3.8, 4) is 0 Å². The number of thiophene rings is 1. The number of hydrogen-bond acceptors (Lipinski definition) is 7. The fourth-order valence-corrected chi connectivity index (χ4v) is 4.85. The predicted molar refractivity (Wildman–Crippen MR) is 130 cm³/mol. The fraction of sp³-hybridized carbons (Fsp3) is 0.318. The lowest BCUT2D eigenvalue weighted by atomic mass is 10.2. The molecule has 1 aromatic carbocycles. The minimum Gasteiger partial charge on any atom is -0.333 e. The van der Waals surface area contributed by atoms with Crippen molar-refractivity contribution < 1.29 is 9.59 Å². The summed E-state index contributed by atoms with van der Waals surface area (Å²) in [6.07, 6.45) is 2.92. The van der Waals surface area contributed by atoms with Crippen LogP contribution in [-0.2, 0) is 17.9 Å². The van der Waals surface area contributed by atoms with Gasteiger partial charge in [-0.1, -0.05) is 49.7 Å². The summed E-state index contributed by atoms with van der Waals surface area (Å²) in [6.45, 7) is 3.02. The Balaban J connectivity index is 1.50. The molecule has 0 saturated carbocycles. The second kappa shape index (κ2) is 10.6. The zero-order chi connectivity index (χ0) is 23.2. The van der Waals surface area contributed by atoms with E-state index in [9.17, 15) is 14.4 Å². The summed E-state index contributed by atoms with van der Waals surface area (Å²) in [5.74, 6) is -0.0105. The van der Waals surface area contributed by atoms with Gasteiger partial charge in [0.25, 0.3) is 5.56 Å². The molecule has 11 heteroatoms. The van der Waals surface area contributed by atoms with Gasteiger partial charge in [-0.15, -0.1) is 21.5 Å². The topological polar surface area (TPSA) is 110 Å². The van der Waals surface area contributed by atoms with Crippen molar-refractivity contribution in [1.29, 1.82) is 0 Å². The molecule has 4 rings (SSSR count). The maximum atomic E-state index is 13.0. The van der Waals surface area contributed by atoms with Crippen LogP contribution in [0.25, 0.3) is 16.7 Å². The second-order valence-electron chi connectivity index (χ2n) is 7.40. The molecule has 0 radical (unpaired) electrons. The van der Waals surface area contributed by atoms with Crippen LogP contribution in [-0.4, -0.2) is 36.9 Å². The van der Waals surface area contributed by atoms with Gasteiger partial charge in [0, 0.05) is 11.4 Å². The summed E-state index contributed by atoms with van der Waals surface area (Å²) in [5, 5.41) is 16.4. The highest BCUT2D eigenvalue weighted by molar-refractivity contribution is 7.99. The number of aryl methyl sites for hydroxylation is 1. The Hall–Kier alpha value is -3.18. The Bertz CT molecular complexity index is 1330. The normalized spacial score (nSPS) is 11.2. The van der Waals surface area contributed by atoms with E-state index in [4.69, 9.17) is 0 Å². The van der Waals surface area contributed by atoms with Crippen LogP contribution in [0, 0.1) is 0 Å². The minimum atomic E-state index is -0.546. The van der Waals surface area contributed by atoms with Gasteiger partial charge in [-0.05, 0) is 30.0 Å². The number of nitrogens with one attached hydrogen (secondary N) is 2. The van der Waals surface area contributed by atoms with E-state index in [1.807, 2.05) is 35.7 Å². The first-order valence-electron chi connectivity index (χ1n) is 10.7. The SMILES string of the molecule is CCCCCn1c(=O)c2ccccc2n2c(SCC(=O)NC(=O)NCc3cccs3)nnc12. The molecule has 9 nitrogen and oxygen atoms in total. The van der Waals surface area contributed by atoms with Gasteiger partial charge in [-0.2, -0.15) is 0 Å². The number of urea groups is 1. The zero-order valence-electron chi connectivity index (χ0n) is 18.1. The van der Waals surface area contributed by atoms with E-state index in [0.29, 0.717) is 34.9 Å². The number of hydrogen-bond donors (Lipinski definition) is 2. The largest absolute Gasteiger partial charge is 0.333 e. The van der Waals surface area contributed by atoms with E-state index >= 15 is 0 Å². The Morgan fingerprint density at radius 2 is 1.97 bits per heavy atom. The van der Waals surface area contributed by atoms with Crippen molar-refractivity contribution >= 4 is 51.7 Å². The molecule has 0 spiro atoms. The third kappa shape index (κ3) is 5.25. The first kappa shape index (κ1) is 23.0. The van der Waals surface area contributed by atoms with Gasteiger partial charge in [-0.3, -0.25) is 23.9 Å². The van der Waals surface area contributed by atoms with Crippen LogP contribution >= 0.6 is 23.1 Å². The van der Waals surface area contributed by atoms with Crippen LogP contribution in [0.4, 0.5) is 4.79 Å². The standard InChI is InChI=1S/C22H24N6O3S2/c1-2-3-6-11-27-19(30)16-9-4-5-10-17(16)28-21(27)25-26-22(28)33-14-18(29)24-20(31)23-13-15-8-7-12-32-15/h4-5,7-10,12H,2-3,6,11,13-14H2,1H3,(H2,23,24,29,31). The van der Waals surface area contributed by atoms with Gasteiger partial charge < -0.3 is 5.32 Å². The molecule has 0 atom stereocenters. The average Bonchev–Trinajstić information content (AvgIpc) is 3.49. The number of thioether (sulfide) groups is 1. The summed E-state index contributed by atoms with van der Waals surface area (Å²) in [7, 11) is 0. The third-order valence-electron chi connectivity index (χ3n) is 5.05. The maximum Gasteiger partial charge on any atom is 0.321 e. The molecule has 3 aromatic heterocycles. The van der Waals surface area contributed by atoms with Crippen molar-refractivity contribution in [2.24, 2.45) is 0 Å². The molecule has 33 heavy (non-hydrogen) atoms. The van der Waals surface area contributed by atoms with Crippen molar-refractivity contribution in [3.05, 3.63) is 57.0 Å². The van der Waals surface area contributed by atoms with E-state index in [-0.39, 0.29) is 11.3 Å². The lowest BCUT2D eigenvalue weighted by Gasteiger charge is -2.11. The number of aromatic nitrogens is 4. The number of unbranched alkanes of at least 4 members (excludes halogenated alkanes) is 2. The van der Waals surface area contributed by atoms with Gasteiger partial charge in [0.15, 0.2) is 5.16 Å². The lowest BCUT2D eigenvalue weighted by Crippen LogP contribution is -2.39. The number of nitrogens with zero attached hydrogens (tertiary/aromatic N) is 4. The van der Waals surface area contributed by atoms with Crippen LogP contribution in [0.15, 0.2) is 51.7 Å². The quantitative estimate of drug-likeness (QED) is 0.278. The van der Waals surface area contributed by atoms with Crippen LogP contribution in [0.2, 0.25) is 0 Å². The minimum absolute atomic E-state index is 0.0174. The summed E-state index contributed by atoms with van der Waals surface area (Å²) >= 11 is 2.69. The van der Waals surface area contributed by atoms with Crippen molar-refractivity contribution in [2.45, 2.75) is 44.4 Å². The maximum absolute atomic E-state index is 13.0. The summed E-state index contributed by atoms with van der Waals surface area (Å²) in [6, 6.07) is 10.6. The molecule has 0 aliphatic heterocycles. The lowest BCUT2D eigenvalue weighted by molar-refractivity contribution is -0.117. The first-order valence-corrected chi connectivity index (χ1v) is 12.5. The molecule has 0 unspecified atom stereocenters. The number of fused-ring (bicyclic) bond motifs is 3. The Morgan fingerprint density at radius 1 is 1.12 bits per heavy atom. The number of benzene rings is 1. The fourth-order valence-electron chi connectivity index (χ4n) is 3.47. The van der Waals surface area contributed by atoms with Crippen molar-refractivity contribution in [2.75, 3.05) is 5.75 Å². The van der Waals surface area contributed by atoms with Crippen LogP contribution in [0.1, 0.15) is 31.1 Å². The van der Waals surface area contributed by atoms with E-state index in [2.05, 4.69) is 27.8 Å². The highest BCUT2D eigenvalue weighted by Crippen LogP contribution is 2.21.